The van der Waals surface area contributed by atoms with Gasteiger partial charge in [-0.3, -0.25) is 14.9 Å². The topological polar surface area (TPSA) is 72.7 Å². The highest BCUT2D eigenvalue weighted by Crippen LogP contribution is 2.35. The standard InChI is InChI=1S/C15H22N2O4S/c1-15(2,3)9-16(4)14(18)10-7-13(22-6)12(21-5)8-11(10)17(19)20/h7-8H,9H2,1-6H3. The molecular formula is C15H22N2O4S. The number of hydrogen-bond donors (Lipinski definition) is 0. The summed E-state index contributed by atoms with van der Waals surface area (Å²) in [7, 11) is 3.10. The zero-order valence-corrected chi connectivity index (χ0v) is 14.6. The molecule has 1 aromatic rings. The van der Waals surface area contributed by atoms with E-state index in [2.05, 4.69) is 0 Å². The molecule has 0 bridgehead atoms. The number of nitrogens with zero attached hydrogens (tertiary/aromatic N) is 2. The van der Waals surface area contributed by atoms with Gasteiger partial charge >= 0.3 is 0 Å². The Morgan fingerprint density at radius 3 is 2.41 bits per heavy atom. The van der Waals surface area contributed by atoms with Gasteiger partial charge in [0.1, 0.15) is 11.3 Å². The van der Waals surface area contributed by atoms with E-state index < -0.39 is 4.92 Å². The Morgan fingerprint density at radius 1 is 1.41 bits per heavy atom. The molecular weight excluding hydrogens is 304 g/mol. The Kier molecular flexibility index (Phi) is 5.82. The minimum Gasteiger partial charge on any atom is -0.495 e. The summed E-state index contributed by atoms with van der Waals surface area (Å²) in [6, 6.07) is 2.84. The number of thioether (sulfide) groups is 1. The molecule has 0 saturated carbocycles. The fraction of sp³-hybridized carbons (Fsp3) is 0.533. The molecule has 0 aliphatic rings. The van der Waals surface area contributed by atoms with Crippen molar-refractivity contribution in [2.45, 2.75) is 25.7 Å². The number of nitro benzene ring substituents is 1. The molecule has 0 aromatic heterocycles. The Morgan fingerprint density at radius 2 is 2.00 bits per heavy atom. The molecule has 7 heteroatoms. The van der Waals surface area contributed by atoms with Crippen molar-refractivity contribution in [2.75, 3.05) is 27.0 Å². The van der Waals surface area contributed by atoms with Gasteiger partial charge in [0.15, 0.2) is 0 Å². The summed E-state index contributed by atoms with van der Waals surface area (Å²) in [6.45, 7) is 6.52. The lowest BCUT2D eigenvalue weighted by atomic mass is 9.96. The van der Waals surface area contributed by atoms with Crippen LogP contribution in [0.2, 0.25) is 0 Å². The van der Waals surface area contributed by atoms with Crippen molar-refractivity contribution in [3.05, 3.63) is 27.8 Å². The molecule has 6 nitrogen and oxygen atoms in total. The van der Waals surface area contributed by atoms with Gasteiger partial charge in [-0.25, -0.2) is 0 Å². The van der Waals surface area contributed by atoms with Crippen LogP contribution < -0.4 is 4.74 Å². The number of ether oxygens (including phenoxy) is 1. The molecule has 0 aliphatic heterocycles. The monoisotopic (exact) mass is 326 g/mol. The van der Waals surface area contributed by atoms with Crippen LogP contribution in [-0.2, 0) is 0 Å². The van der Waals surface area contributed by atoms with Crippen LogP contribution in [0.15, 0.2) is 17.0 Å². The molecule has 122 valence electrons. The first-order valence-electron chi connectivity index (χ1n) is 6.76. The SMILES string of the molecule is COc1cc([N+](=O)[O-])c(C(=O)N(C)CC(C)(C)C)cc1SC. The van der Waals surface area contributed by atoms with E-state index in [0.717, 1.165) is 0 Å². The number of carbonyl (C=O) groups is 1. The van der Waals surface area contributed by atoms with E-state index in [1.807, 2.05) is 27.0 Å². The van der Waals surface area contributed by atoms with Crippen molar-refractivity contribution in [3.8, 4) is 5.75 Å². The van der Waals surface area contributed by atoms with Crippen molar-refractivity contribution in [1.82, 2.24) is 4.90 Å². The number of amides is 1. The van der Waals surface area contributed by atoms with Crippen molar-refractivity contribution in [3.63, 3.8) is 0 Å². The third-order valence-corrected chi connectivity index (χ3v) is 3.75. The van der Waals surface area contributed by atoms with Gasteiger partial charge in [0.05, 0.1) is 23.0 Å². The van der Waals surface area contributed by atoms with E-state index in [1.165, 1.54) is 35.9 Å². The first-order chi connectivity index (χ1) is 10.1. The van der Waals surface area contributed by atoms with Crippen molar-refractivity contribution < 1.29 is 14.5 Å². The second-order valence-corrected chi connectivity index (χ2v) is 7.05. The minimum absolute atomic E-state index is 0.0851. The first-order valence-corrected chi connectivity index (χ1v) is 7.99. The summed E-state index contributed by atoms with van der Waals surface area (Å²) >= 11 is 1.38. The molecule has 0 radical (unpaired) electrons. The molecule has 1 amide bonds. The van der Waals surface area contributed by atoms with Crippen LogP contribution in [0.4, 0.5) is 5.69 Å². The molecule has 0 N–H and O–H groups in total. The van der Waals surface area contributed by atoms with Gasteiger partial charge in [0.2, 0.25) is 0 Å². The molecule has 0 aliphatic carbocycles. The summed E-state index contributed by atoms with van der Waals surface area (Å²) in [5.41, 5.74) is -0.240. The highest BCUT2D eigenvalue weighted by molar-refractivity contribution is 7.98. The van der Waals surface area contributed by atoms with Gasteiger partial charge < -0.3 is 9.64 Å². The largest absolute Gasteiger partial charge is 0.495 e. The Hall–Kier alpha value is -1.76. The smallest absolute Gasteiger partial charge is 0.285 e. The van der Waals surface area contributed by atoms with Crippen LogP contribution in [-0.4, -0.2) is 42.7 Å². The van der Waals surface area contributed by atoms with Gasteiger partial charge in [0, 0.05) is 13.6 Å². The maximum Gasteiger partial charge on any atom is 0.285 e. The predicted octanol–water partition coefficient (Wildman–Crippen LogP) is 3.44. The quantitative estimate of drug-likeness (QED) is 0.471. The lowest BCUT2D eigenvalue weighted by Gasteiger charge is -2.26. The second kappa shape index (κ2) is 7.00. The van der Waals surface area contributed by atoms with Crippen molar-refractivity contribution >= 4 is 23.4 Å². The van der Waals surface area contributed by atoms with Gasteiger partial charge in [-0.1, -0.05) is 20.8 Å². The maximum atomic E-state index is 12.6. The summed E-state index contributed by atoms with van der Waals surface area (Å²) in [5.74, 6) is 0.0359. The van der Waals surface area contributed by atoms with Crippen molar-refractivity contribution in [1.29, 1.82) is 0 Å². The van der Waals surface area contributed by atoms with E-state index in [4.69, 9.17) is 4.74 Å². The summed E-state index contributed by atoms with van der Waals surface area (Å²) in [5, 5.41) is 11.3. The van der Waals surface area contributed by atoms with Crippen LogP contribution in [0.5, 0.6) is 5.75 Å². The Bertz CT molecular complexity index is 582. The van der Waals surface area contributed by atoms with E-state index in [0.29, 0.717) is 17.2 Å². The van der Waals surface area contributed by atoms with Crippen LogP contribution >= 0.6 is 11.8 Å². The van der Waals surface area contributed by atoms with Crippen LogP contribution in [0.25, 0.3) is 0 Å². The molecule has 0 heterocycles. The highest BCUT2D eigenvalue weighted by atomic mass is 32.2. The van der Waals surface area contributed by atoms with E-state index in [1.54, 1.807) is 7.05 Å². The fourth-order valence-corrected chi connectivity index (χ4v) is 2.76. The second-order valence-electron chi connectivity index (χ2n) is 6.20. The minimum atomic E-state index is -0.551. The average Bonchev–Trinajstić information content (AvgIpc) is 2.42. The third-order valence-electron chi connectivity index (χ3n) is 2.99. The van der Waals surface area contributed by atoms with Gasteiger partial charge in [-0.2, -0.15) is 0 Å². The molecule has 0 spiro atoms. The zero-order valence-electron chi connectivity index (χ0n) is 13.8. The number of methoxy groups -OCH3 is 1. The van der Waals surface area contributed by atoms with E-state index in [9.17, 15) is 14.9 Å². The molecule has 0 atom stereocenters. The number of benzene rings is 1. The number of rotatable bonds is 5. The zero-order chi connectivity index (χ0) is 17.1. The summed E-state index contributed by atoms with van der Waals surface area (Å²) in [6.07, 6.45) is 1.83. The average molecular weight is 326 g/mol. The summed E-state index contributed by atoms with van der Waals surface area (Å²) < 4.78 is 5.15. The summed E-state index contributed by atoms with van der Waals surface area (Å²) in [4.78, 5) is 25.5. The lowest BCUT2D eigenvalue weighted by molar-refractivity contribution is -0.385. The Balaban J connectivity index is 3.32. The normalized spacial score (nSPS) is 11.2. The molecule has 1 rings (SSSR count). The van der Waals surface area contributed by atoms with Crippen LogP contribution in [0, 0.1) is 15.5 Å². The number of hydrogen-bond acceptors (Lipinski definition) is 5. The number of nitro groups is 1. The number of carbonyl (C=O) groups excluding carboxylic acids is 1. The van der Waals surface area contributed by atoms with Gasteiger partial charge in [-0.05, 0) is 17.7 Å². The van der Waals surface area contributed by atoms with Crippen LogP contribution in [0.1, 0.15) is 31.1 Å². The Labute approximate surface area is 135 Å². The van der Waals surface area contributed by atoms with Gasteiger partial charge in [0.25, 0.3) is 11.6 Å². The van der Waals surface area contributed by atoms with Crippen molar-refractivity contribution in [2.24, 2.45) is 5.41 Å². The predicted molar refractivity (Wildman–Crippen MR) is 87.8 cm³/mol. The molecule has 1 aromatic carbocycles. The molecule has 0 saturated heterocycles. The lowest BCUT2D eigenvalue weighted by Crippen LogP contribution is -2.34. The first kappa shape index (κ1) is 18.3. The molecule has 0 unspecified atom stereocenters. The fourth-order valence-electron chi connectivity index (χ4n) is 2.18. The van der Waals surface area contributed by atoms with E-state index in [-0.39, 0.29) is 22.6 Å². The van der Waals surface area contributed by atoms with Gasteiger partial charge in [-0.15, -0.1) is 11.8 Å². The molecule has 22 heavy (non-hydrogen) atoms. The highest BCUT2D eigenvalue weighted by Gasteiger charge is 2.27. The third kappa shape index (κ3) is 4.37. The van der Waals surface area contributed by atoms with E-state index >= 15 is 0 Å². The van der Waals surface area contributed by atoms with Crippen LogP contribution in [0.3, 0.4) is 0 Å². The molecule has 0 fully saturated rings. The maximum absolute atomic E-state index is 12.6.